The van der Waals surface area contributed by atoms with Crippen molar-refractivity contribution in [2.75, 3.05) is 14.2 Å². The van der Waals surface area contributed by atoms with Crippen molar-refractivity contribution in [3.8, 4) is 11.5 Å². The number of hydrogen-bond acceptors (Lipinski definition) is 4. The van der Waals surface area contributed by atoms with Gasteiger partial charge in [-0.1, -0.05) is 35.9 Å². The van der Waals surface area contributed by atoms with Crippen LogP contribution in [0.25, 0.3) is 6.08 Å². The first kappa shape index (κ1) is 16.6. The summed E-state index contributed by atoms with van der Waals surface area (Å²) in [6, 6.07) is 13.3. The minimum atomic E-state index is -0.388. The fraction of sp³-hybridized carbons (Fsp3) is 0.211. The number of methoxy groups -OCH3 is 2. The summed E-state index contributed by atoms with van der Waals surface area (Å²) in [5.74, 6) is 0.871. The summed E-state index contributed by atoms with van der Waals surface area (Å²) in [4.78, 5) is 11.8. The van der Waals surface area contributed by atoms with Crippen LogP contribution in [0.15, 0.2) is 48.5 Å². The summed E-state index contributed by atoms with van der Waals surface area (Å²) in [5.41, 5.74) is 2.94. The Hall–Kier alpha value is -2.75. The van der Waals surface area contributed by atoms with Crippen LogP contribution in [0.2, 0.25) is 0 Å². The number of aryl methyl sites for hydroxylation is 1. The molecule has 0 heterocycles. The van der Waals surface area contributed by atoms with E-state index in [4.69, 9.17) is 14.2 Å². The zero-order valence-electron chi connectivity index (χ0n) is 13.5. The fourth-order valence-corrected chi connectivity index (χ4v) is 2.13. The average Bonchev–Trinajstić information content (AvgIpc) is 2.57. The first-order valence-corrected chi connectivity index (χ1v) is 7.25. The lowest BCUT2D eigenvalue weighted by molar-refractivity contribution is -0.138. The van der Waals surface area contributed by atoms with Gasteiger partial charge in [0, 0.05) is 6.08 Å². The number of hydrogen-bond donors (Lipinski definition) is 0. The zero-order valence-corrected chi connectivity index (χ0v) is 13.5. The number of esters is 1. The largest absolute Gasteiger partial charge is 0.493 e. The highest BCUT2D eigenvalue weighted by molar-refractivity contribution is 5.87. The van der Waals surface area contributed by atoms with E-state index in [0.717, 1.165) is 16.7 Å². The van der Waals surface area contributed by atoms with Crippen LogP contribution < -0.4 is 9.47 Å². The maximum Gasteiger partial charge on any atom is 0.331 e. The molecule has 23 heavy (non-hydrogen) atoms. The third-order valence-corrected chi connectivity index (χ3v) is 3.28. The Balaban J connectivity index is 1.95. The smallest absolute Gasteiger partial charge is 0.331 e. The molecule has 120 valence electrons. The van der Waals surface area contributed by atoms with Crippen LogP contribution in [0.5, 0.6) is 11.5 Å². The van der Waals surface area contributed by atoms with Crippen LogP contribution in [-0.4, -0.2) is 20.2 Å². The standard InChI is InChI=1S/C19H20O4/c1-14-5-4-6-16(11-14)13-23-19(20)10-8-15-7-9-17(21-2)18(12-15)22-3/h4-12H,13H2,1-3H3/b10-8+. The highest BCUT2D eigenvalue weighted by Crippen LogP contribution is 2.27. The van der Waals surface area contributed by atoms with Gasteiger partial charge >= 0.3 is 5.97 Å². The number of carbonyl (C=O) groups is 1. The average molecular weight is 312 g/mol. The Morgan fingerprint density at radius 1 is 1.04 bits per heavy atom. The lowest BCUT2D eigenvalue weighted by Gasteiger charge is -2.07. The molecule has 0 fully saturated rings. The highest BCUT2D eigenvalue weighted by atomic mass is 16.5. The second-order valence-corrected chi connectivity index (χ2v) is 5.04. The third-order valence-electron chi connectivity index (χ3n) is 3.28. The van der Waals surface area contributed by atoms with Crippen molar-refractivity contribution in [2.45, 2.75) is 13.5 Å². The summed E-state index contributed by atoms with van der Waals surface area (Å²) in [6.07, 6.45) is 3.08. The lowest BCUT2D eigenvalue weighted by Crippen LogP contribution is -2.00. The van der Waals surface area contributed by atoms with Gasteiger partial charge in [0.15, 0.2) is 11.5 Å². The molecule has 0 amide bonds. The van der Waals surface area contributed by atoms with Gasteiger partial charge in [-0.15, -0.1) is 0 Å². The maximum atomic E-state index is 11.8. The molecule has 2 aromatic carbocycles. The van der Waals surface area contributed by atoms with Crippen LogP contribution in [0.4, 0.5) is 0 Å². The molecule has 0 spiro atoms. The first-order valence-electron chi connectivity index (χ1n) is 7.25. The van der Waals surface area contributed by atoms with E-state index in [1.54, 1.807) is 32.4 Å². The third kappa shape index (κ3) is 4.88. The Kier molecular flexibility index (Phi) is 5.80. The van der Waals surface area contributed by atoms with E-state index in [2.05, 4.69) is 0 Å². The number of rotatable bonds is 6. The predicted octanol–water partition coefficient (Wildman–Crippen LogP) is 3.77. The molecule has 0 aliphatic carbocycles. The Morgan fingerprint density at radius 2 is 1.83 bits per heavy atom. The molecule has 0 atom stereocenters. The van der Waals surface area contributed by atoms with Gasteiger partial charge in [0.05, 0.1) is 14.2 Å². The van der Waals surface area contributed by atoms with Gasteiger partial charge < -0.3 is 14.2 Å². The molecule has 0 aromatic heterocycles. The van der Waals surface area contributed by atoms with Gasteiger partial charge in [0.2, 0.25) is 0 Å². The second kappa shape index (κ2) is 8.03. The van der Waals surface area contributed by atoms with Gasteiger partial charge in [-0.2, -0.15) is 0 Å². The Bertz CT molecular complexity index is 704. The maximum absolute atomic E-state index is 11.8. The molecule has 4 heteroatoms. The number of benzene rings is 2. The monoisotopic (exact) mass is 312 g/mol. The van der Waals surface area contributed by atoms with Crippen LogP contribution in [0.1, 0.15) is 16.7 Å². The van der Waals surface area contributed by atoms with E-state index in [0.29, 0.717) is 11.5 Å². The van der Waals surface area contributed by atoms with Crippen LogP contribution >= 0.6 is 0 Å². The van der Waals surface area contributed by atoms with Gasteiger partial charge in [-0.3, -0.25) is 0 Å². The first-order chi connectivity index (χ1) is 11.1. The topological polar surface area (TPSA) is 44.8 Å². The van der Waals surface area contributed by atoms with E-state index in [1.807, 2.05) is 37.3 Å². The predicted molar refractivity (Wildman–Crippen MR) is 89.6 cm³/mol. The molecule has 4 nitrogen and oxygen atoms in total. The van der Waals surface area contributed by atoms with E-state index in [1.165, 1.54) is 6.08 Å². The lowest BCUT2D eigenvalue weighted by atomic mass is 10.1. The minimum absolute atomic E-state index is 0.261. The second-order valence-electron chi connectivity index (χ2n) is 5.04. The summed E-state index contributed by atoms with van der Waals surface area (Å²) < 4.78 is 15.6. The molecule has 0 saturated carbocycles. The molecular formula is C19H20O4. The van der Waals surface area contributed by atoms with Gasteiger partial charge in [-0.05, 0) is 36.3 Å². The van der Waals surface area contributed by atoms with Gasteiger partial charge in [-0.25, -0.2) is 4.79 Å². The molecular weight excluding hydrogens is 292 g/mol. The Morgan fingerprint density at radius 3 is 2.52 bits per heavy atom. The van der Waals surface area contributed by atoms with E-state index >= 15 is 0 Å². The number of carbonyl (C=O) groups excluding carboxylic acids is 1. The summed E-state index contributed by atoms with van der Waals surface area (Å²) in [6.45, 7) is 2.26. The Labute approximate surface area is 136 Å². The molecule has 0 aliphatic heterocycles. The zero-order chi connectivity index (χ0) is 16.7. The van der Waals surface area contributed by atoms with Crippen molar-refractivity contribution >= 4 is 12.0 Å². The van der Waals surface area contributed by atoms with Crippen LogP contribution in [-0.2, 0) is 16.1 Å². The van der Waals surface area contributed by atoms with Crippen molar-refractivity contribution in [1.29, 1.82) is 0 Å². The molecule has 0 saturated heterocycles. The molecule has 2 rings (SSSR count). The van der Waals surface area contributed by atoms with Crippen LogP contribution in [0, 0.1) is 6.92 Å². The minimum Gasteiger partial charge on any atom is -0.493 e. The highest BCUT2D eigenvalue weighted by Gasteiger charge is 2.04. The SMILES string of the molecule is COc1ccc(/C=C/C(=O)OCc2cccc(C)c2)cc1OC. The van der Waals surface area contributed by atoms with Gasteiger partial charge in [0.1, 0.15) is 6.61 Å². The van der Waals surface area contributed by atoms with Gasteiger partial charge in [0.25, 0.3) is 0 Å². The van der Waals surface area contributed by atoms with E-state index in [-0.39, 0.29) is 12.6 Å². The summed E-state index contributed by atoms with van der Waals surface area (Å²) >= 11 is 0. The van der Waals surface area contributed by atoms with Crippen molar-refractivity contribution < 1.29 is 19.0 Å². The molecule has 0 aliphatic rings. The fourth-order valence-electron chi connectivity index (χ4n) is 2.13. The molecule has 2 aromatic rings. The molecule has 0 unspecified atom stereocenters. The summed E-state index contributed by atoms with van der Waals surface area (Å²) in [5, 5.41) is 0. The van der Waals surface area contributed by atoms with E-state index in [9.17, 15) is 4.79 Å². The number of ether oxygens (including phenoxy) is 3. The molecule has 0 radical (unpaired) electrons. The molecule has 0 bridgehead atoms. The van der Waals surface area contributed by atoms with Crippen molar-refractivity contribution in [1.82, 2.24) is 0 Å². The van der Waals surface area contributed by atoms with Crippen LogP contribution in [0.3, 0.4) is 0 Å². The normalized spacial score (nSPS) is 10.6. The van der Waals surface area contributed by atoms with Crippen molar-refractivity contribution in [3.63, 3.8) is 0 Å². The van der Waals surface area contributed by atoms with E-state index < -0.39 is 0 Å². The quantitative estimate of drug-likeness (QED) is 0.601. The molecule has 0 N–H and O–H groups in total. The van der Waals surface area contributed by atoms with Crippen molar-refractivity contribution in [2.24, 2.45) is 0 Å². The van der Waals surface area contributed by atoms with Crippen molar-refractivity contribution in [3.05, 3.63) is 65.2 Å². The summed E-state index contributed by atoms with van der Waals surface area (Å²) in [7, 11) is 3.15.